The number of hydrogen-bond donors (Lipinski definition) is 1. The Kier molecular flexibility index (Phi) is 4.45. The lowest BCUT2D eigenvalue weighted by molar-refractivity contribution is 0.402. The summed E-state index contributed by atoms with van der Waals surface area (Å²) in [5.74, 6) is 1.04. The first kappa shape index (κ1) is 14.8. The molecule has 3 rings (SSSR count). The zero-order valence-corrected chi connectivity index (χ0v) is 14.2. The van der Waals surface area contributed by atoms with Crippen LogP contribution in [0.2, 0.25) is 0 Å². The molecule has 1 saturated heterocycles. The van der Waals surface area contributed by atoms with Crippen molar-refractivity contribution >= 4 is 15.9 Å². The van der Waals surface area contributed by atoms with E-state index in [1.165, 1.54) is 15.6 Å². The summed E-state index contributed by atoms with van der Waals surface area (Å²) in [5.41, 5.74) is 2.76. The van der Waals surface area contributed by atoms with E-state index in [0.29, 0.717) is 17.9 Å². The average molecular weight is 348 g/mol. The molecule has 0 radical (unpaired) electrons. The van der Waals surface area contributed by atoms with Crippen LogP contribution in [0.15, 0.2) is 41.1 Å². The van der Waals surface area contributed by atoms with Gasteiger partial charge in [0.2, 0.25) is 0 Å². The minimum atomic E-state index is 0.419. The van der Waals surface area contributed by atoms with Crippen LogP contribution < -0.4 is 5.32 Å². The molecular weight excluding hydrogens is 326 g/mol. The van der Waals surface area contributed by atoms with Gasteiger partial charge < -0.3 is 5.32 Å². The fraction of sp³-hybridized carbons (Fsp3) is 0.471. The molecule has 21 heavy (non-hydrogen) atoms. The van der Waals surface area contributed by atoms with Gasteiger partial charge in [0.15, 0.2) is 0 Å². The third kappa shape index (κ3) is 3.06. The number of nitrogens with one attached hydrogen (secondary N) is 1. The lowest BCUT2D eigenvalue weighted by Crippen LogP contribution is -2.34. The van der Waals surface area contributed by atoms with Gasteiger partial charge in [-0.05, 0) is 49.9 Å². The van der Waals surface area contributed by atoms with Crippen LogP contribution in [-0.4, -0.2) is 22.9 Å². The molecule has 2 atom stereocenters. The van der Waals surface area contributed by atoms with Gasteiger partial charge in [-0.1, -0.05) is 34.1 Å². The molecule has 1 aromatic carbocycles. The van der Waals surface area contributed by atoms with Gasteiger partial charge in [0.05, 0.1) is 6.20 Å². The summed E-state index contributed by atoms with van der Waals surface area (Å²) in [7, 11) is 0. The highest BCUT2D eigenvalue weighted by Gasteiger charge is 2.29. The number of nitrogens with zero attached hydrogens (tertiary/aromatic N) is 2. The molecule has 0 saturated carbocycles. The van der Waals surface area contributed by atoms with Gasteiger partial charge in [0.1, 0.15) is 0 Å². The van der Waals surface area contributed by atoms with Crippen LogP contribution in [0.3, 0.4) is 0 Å². The van der Waals surface area contributed by atoms with Gasteiger partial charge in [-0.15, -0.1) is 0 Å². The standard InChI is InChI=1S/C17H22BrN3/c1-12(2)21-11-13(9-20-21)14-7-8-19-10-16(14)15-5-3-4-6-17(15)18/h3-6,9,11-12,14,16,19H,7-8,10H2,1-2H3. The molecule has 0 amide bonds. The highest BCUT2D eigenvalue weighted by molar-refractivity contribution is 9.10. The molecule has 3 nitrogen and oxygen atoms in total. The van der Waals surface area contributed by atoms with E-state index < -0.39 is 0 Å². The van der Waals surface area contributed by atoms with Crippen molar-refractivity contribution in [2.75, 3.05) is 13.1 Å². The van der Waals surface area contributed by atoms with Crippen molar-refractivity contribution in [2.45, 2.75) is 38.1 Å². The van der Waals surface area contributed by atoms with Crippen molar-refractivity contribution in [2.24, 2.45) is 0 Å². The number of hydrogen-bond acceptors (Lipinski definition) is 2. The number of piperidine rings is 1. The first-order chi connectivity index (χ1) is 10.2. The number of benzene rings is 1. The normalized spacial score (nSPS) is 22.7. The third-order valence-corrected chi connectivity index (χ3v) is 5.09. The van der Waals surface area contributed by atoms with Gasteiger partial charge in [0, 0.05) is 29.2 Å². The summed E-state index contributed by atoms with van der Waals surface area (Å²) < 4.78 is 3.27. The highest BCUT2D eigenvalue weighted by Crippen LogP contribution is 2.39. The summed E-state index contributed by atoms with van der Waals surface area (Å²) in [6.07, 6.45) is 5.44. The Morgan fingerprint density at radius 3 is 2.81 bits per heavy atom. The van der Waals surface area contributed by atoms with Crippen LogP contribution >= 0.6 is 15.9 Å². The summed E-state index contributed by atoms with van der Waals surface area (Å²) in [6, 6.07) is 9.00. The SMILES string of the molecule is CC(C)n1cc(C2CCNCC2c2ccccc2Br)cn1. The molecule has 0 aliphatic carbocycles. The monoisotopic (exact) mass is 347 g/mol. The van der Waals surface area contributed by atoms with Gasteiger partial charge in [0.25, 0.3) is 0 Å². The average Bonchev–Trinajstić information content (AvgIpc) is 2.98. The number of aromatic nitrogens is 2. The summed E-state index contributed by atoms with van der Waals surface area (Å²) in [5, 5.41) is 8.07. The van der Waals surface area contributed by atoms with Crippen LogP contribution in [0.5, 0.6) is 0 Å². The molecule has 0 spiro atoms. The molecule has 112 valence electrons. The Bertz CT molecular complexity index is 606. The lowest BCUT2D eigenvalue weighted by Gasteiger charge is -2.32. The molecule has 1 N–H and O–H groups in total. The molecule has 4 heteroatoms. The molecule has 1 aliphatic rings. The Morgan fingerprint density at radius 1 is 1.29 bits per heavy atom. The maximum Gasteiger partial charge on any atom is 0.0524 e. The molecule has 1 aromatic heterocycles. The predicted octanol–water partition coefficient (Wildman–Crippen LogP) is 4.09. The Labute approximate surface area is 134 Å². The van der Waals surface area contributed by atoms with Crippen molar-refractivity contribution in [3.63, 3.8) is 0 Å². The molecule has 0 bridgehead atoms. The largest absolute Gasteiger partial charge is 0.316 e. The molecule has 1 aliphatic heterocycles. The second-order valence-corrected chi connectivity index (χ2v) is 6.93. The van der Waals surface area contributed by atoms with Crippen LogP contribution in [0, 0.1) is 0 Å². The fourth-order valence-corrected chi connectivity index (χ4v) is 3.77. The third-order valence-electron chi connectivity index (χ3n) is 4.37. The van der Waals surface area contributed by atoms with E-state index in [1.54, 1.807) is 0 Å². The molecular formula is C17H22BrN3. The molecule has 1 fully saturated rings. The smallest absolute Gasteiger partial charge is 0.0524 e. The molecule has 2 aromatic rings. The molecule has 2 unspecified atom stereocenters. The van der Waals surface area contributed by atoms with Gasteiger partial charge >= 0.3 is 0 Å². The lowest BCUT2D eigenvalue weighted by atomic mass is 9.78. The van der Waals surface area contributed by atoms with E-state index in [0.717, 1.165) is 19.5 Å². The minimum Gasteiger partial charge on any atom is -0.316 e. The Morgan fingerprint density at radius 2 is 2.10 bits per heavy atom. The summed E-state index contributed by atoms with van der Waals surface area (Å²) >= 11 is 3.71. The predicted molar refractivity (Wildman–Crippen MR) is 89.7 cm³/mol. The first-order valence-corrected chi connectivity index (χ1v) is 8.45. The first-order valence-electron chi connectivity index (χ1n) is 7.66. The van der Waals surface area contributed by atoms with Crippen LogP contribution in [0.1, 0.15) is 49.3 Å². The second kappa shape index (κ2) is 6.32. The Balaban J connectivity index is 1.92. The van der Waals surface area contributed by atoms with E-state index >= 15 is 0 Å². The van der Waals surface area contributed by atoms with Crippen molar-refractivity contribution in [3.05, 3.63) is 52.3 Å². The zero-order chi connectivity index (χ0) is 14.8. The van der Waals surface area contributed by atoms with Crippen LogP contribution in [0.4, 0.5) is 0 Å². The van der Waals surface area contributed by atoms with Crippen LogP contribution in [0.25, 0.3) is 0 Å². The van der Waals surface area contributed by atoms with E-state index in [-0.39, 0.29) is 0 Å². The summed E-state index contributed by atoms with van der Waals surface area (Å²) in [6.45, 7) is 6.45. The summed E-state index contributed by atoms with van der Waals surface area (Å²) in [4.78, 5) is 0. The van der Waals surface area contributed by atoms with Crippen molar-refractivity contribution in [1.29, 1.82) is 0 Å². The fourth-order valence-electron chi connectivity index (χ4n) is 3.19. The van der Waals surface area contributed by atoms with Gasteiger partial charge in [-0.2, -0.15) is 5.10 Å². The topological polar surface area (TPSA) is 29.9 Å². The van der Waals surface area contributed by atoms with Crippen molar-refractivity contribution in [1.82, 2.24) is 15.1 Å². The van der Waals surface area contributed by atoms with Crippen molar-refractivity contribution in [3.8, 4) is 0 Å². The van der Waals surface area contributed by atoms with E-state index in [1.807, 2.05) is 0 Å². The zero-order valence-electron chi connectivity index (χ0n) is 12.6. The maximum atomic E-state index is 4.53. The second-order valence-electron chi connectivity index (χ2n) is 6.07. The van der Waals surface area contributed by atoms with E-state index in [2.05, 4.69) is 81.5 Å². The van der Waals surface area contributed by atoms with E-state index in [4.69, 9.17) is 0 Å². The van der Waals surface area contributed by atoms with Crippen molar-refractivity contribution < 1.29 is 0 Å². The maximum absolute atomic E-state index is 4.53. The number of rotatable bonds is 3. The quantitative estimate of drug-likeness (QED) is 0.906. The van der Waals surface area contributed by atoms with Gasteiger partial charge in [-0.25, -0.2) is 0 Å². The minimum absolute atomic E-state index is 0.419. The molecule has 2 heterocycles. The van der Waals surface area contributed by atoms with Gasteiger partial charge in [-0.3, -0.25) is 4.68 Å². The van der Waals surface area contributed by atoms with Crippen LogP contribution in [-0.2, 0) is 0 Å². The Hall–Kier alpha value is -1.13. The van der Waals surface area contributed by atoms with E-state index in [9.17, 15) is 0 Å². The number of halogens is 1. The highest BCUT2D eigenvalue weighted by atomic mass is 79.9.